The Morgan fingerprint density at radius 1 is 1.38 bits per heavy atom. The molecule has 1 aromatic heterocycles. The Bertz CT molecular complexity index is 563. The molecule has 0 aliphatic carbocycles. The van der Waals surface area contributed by atoms with E-state index < -0.39 is 0 Å². The van der Waals surface area contributed by atoms with Gasteiger partial charge >= 0.3 is 0 Å². The van der Waals surface area contributed by atoms with Crippen LogP contribution in [-0.2, 0) is 0 Å². The predicted molar refractivity (Wildman–Crippen MR) is 58.5 cm³/mol. The van der Waals surface area contributed by atoms with Crippen molar-refractivity contribution in [3.63, 3.8) is 0 Å². The lowest BCUT2D eigenvalue weighted by Crippen LogP contribution is -2.05. The average molecular weight is 218 g/mol. The molecule has 0 amide bonds. The monoisotopic (exact) mass is 218 g/mol. The van der Waals surface area contributed by atoms with Crippen LogP contribution in [-0.4, -0.2) is 22.4 Å². The molecule has 0 fully saturated rings. The molecule has 0 saturated heterocycles. The molecule has 1 aromatic carbocycles. The highest BCUT2D eigenvalue weighted by Gasteiger charge is 2.06. The molecule has 82 valence electrons. The fourth-order valence-electron chi connectivity index (χ4n) is 1.41. The summed E-state index contributed by atoms with van der Waals surface area (Å²) in [4.78, 5) is 11.1. The molecule has 0 bridgehead atoms. The lowest BCUT2D eigenvalue weighted by molar-refractivity contribution is 0.408. The number of hydrogen-bond donors (Lipinski definition) is 2. The van der Waals surface area contributed by atoms with Gasteiger partial charge in [0.2, 0.25) is 0 Å². The molecular weight excluding hydrogens is 208 g/mol. The summed E-state index contributed by atoms with van der Waals surface area (Å²) in [5, 5.41) is 15.7. The summed E-state index contributed by atoms with van der Waals surface area (Å²) in [6.07, 6.45) is 1.48. The van der Waals surface area contributed by atoms with Crippen molar-refractivity contribution in [2.24, 2.45) is 0 Å². The Balaban J connectivity index is 2.52. The van der Waals surface area contributed by atoms with E-state index in [4.69, 9.17) is 4.74 Å². The molecule has 0 saturated carbocycles. The van der Waals surface area contributed by atoms with Crippen LogP contribution in [0.3, 0.4) is 0 Å². The number of hydrogen-bond acceptors (Lipinski definition) is 4. The molecule has 2 aromatic rings. The van der Waals surface area contributed by atoms with Gasteiger partial charge in [0.1, 0.15) is 11.5 Å². The standard InChI is InChI=1S/C11H10N2O3/c1-16-8-2-3-9(10(14)5-8)7-4-11(15)13-12-6-7/h2-6,14H,1H3,(H,13,15). The molecule has 0 atom stereocenters. The second kappa shape index (κ2) is 4.06. The van der Waals surface area contributed by atoms with E-state index >= 15 is 0 Å². The molecule has 5 nitrogen and oxygen atoms in total. The van der Waals surface area contributed by atoms with Crippen molar-refractivity contribution < 1.29 is 9.84 Å². The summed E-state index contributed by atoms with van der Waals surface area (Å²) in [5.41, 5.74) is 0.788. The van der Waals surface area contributed by atoms with Gasteiger partial charge in [-0.15, -0.1) is 0 Å². The number of methoxy groups -OCH3 is 1. The fourth-order valence-corrected chi connectivity index (χ4v) is 1.41. The third kappa shape index (κ3) is 1.88. The highest BCUT2D eigenvalue weighted by Crippen LogP contribution is 2.30. The van der Waals surface area contributed by atoms with E-state index in [9.17, 15) is 9.90 Å². The molecule has 0 aliphatic heterocycles. The Hall–Kier alpha value is -2.30. The third-order valence-corrected chi connectivity index (χ3v) is 2.18. The van der Waals surface area contributed by atoms with Crippen molar-refractivity contribution in [1.82, 2.24) is 10.2 Å². The molecule has 0 spiro atoms. The second-order valence-corrected chi connectivity index (χ2v) is 3.22. The van der Waals surface area contributed by atoms with Gasteiger partial charge in [-0.1, -0.05) is 0 Å². The van der Waals surface area contributed by atoms with Crippen molar-refractivity contribution in [2.45, 2.75) is 0 Å². The van der Waals surface area contributed by atoms with E-state index in [-0.39, 0.29) is 11.3 Å². The number of nitrogens with one attached hydrogen (secondary N) is 1. The molecule has 2 N–H and O–H groups in total. The Kier molecular flexibility index (Phi) is 2.59. The molecule has 16 heavy (non-hydrogen) atoms. The number of H-pyrrole nitrogens is 1. The van der Waals surface area contributed by atoms with Crippen molar-refractivity contribution in [2.75, 3.05) is 7.11 Å². The van der Waals surface area contributed by atoms with Crippen LogP contribution < -0.4 is 10.3 Å². The third-order valence-electron chi connectivity index (χ3n) is 2.18. The molecule has 0 aliphatic rings. The van der Waals surface area contributed by atoms with Gasteiger partial charge in [0, 0.05) is 23.3 Å². The van der Waals surface area contributed by atoms with Crippen molar-refractivity contribution in [1.29, 1.82) is 0 Å². The van der Waals surface area contributed by atoms with Crippen LogP contribution in [0.2, 0.25) is 0 Å². The average Bonchev–Trinajstić information content (AvgIpc) is 2.28. The summed E-state index contributed by atoms with van der Waals surface area (Å²) in [6.45, 7) is 0. The predicted octanol–water partition coefficient (Wildman–Crippen LogP) is 1.15. The molecule has 5 heteroatoms. The van der Waals surface area contributed by atoms with E-state index in [1.165, 1.54) is 25.4 Å². The Labute approximate surface area is 91.3 Å². The quantitative estimate of drug-likeness (QED) is 0.792. The number of phenols is 1. The molecule has 0 unspecified atom stereocenters. The number of phenolic OH excluding ortho intramolecular Hbond substituents is 1. The van der Waals surface area contributed by atoms with Crippen molar-refractivity contribution in [3.05, 3.63) is 40.8 Å². The van der Waals surface area contributed by atoms with Crippen LogP contribution in [0.25, 0.3) is 11.1 Å². The summed E-state index contributed by atoms with van der Waals surface area (Å²) >= 11 is 0. The summed E-state index contributed by atoms with van der Waals surface area (Å²) in [7, 11) is 1.52. The van der Waals surface area contributed by atoms with E-state index in [0.29, 0.717) is 16.9 Å². The first-order valence-electron chi connectivity index (χ1n) is 4.63. The number of nitrogens with zero attached hydrogens (tertiary/aromatic N) is 1. The highest BCUT2D eigenvalue weighted by molar-refractivity contribution is 5.70. The van der Waals surface area contributed by atoms with Crippen LogP contribution in [0.4, 0.5) is 0 Å². The van der Waals surface area contributed by atoms with E-state index in [0.717, 1.165) is 0 Å². The van der Waals surface area contributed by atoms with E-state index in [2.05, 4.69) is 10.2 Å². The zero-order chi connectivity index (χ0) is 11.5. The lowest BCUT2D eigenvalue weighted by atomic mass is 10.1. The van der Waals surface area contributed by atoms with Gasteiger partial charge < -0.3 is 9.84 Å². The Morgan fingerprint density at radius 2 is 2.19 bits per heavy atom. The van der Waals surface area contributed by atoms with Gasteiger partial charge in [0.05, 0.1) is 13.3 Å². The normalized spacial score (nSPS) is 10.1. The smallest absolute Gasteiger partial charge is 0.264 e. The number of rotatable bonds is 2. The summed E-state index contributed by atoms with van der Waals surface area (Å²) < 4.78 is 4.97. The number of ether oxygens (including phenoxy) is 1. The molecule has 1 heterocycles. The van der Waals surface area contributed by atoms with Gasteiger partial charge in [-0.3, -0.25) is 4.79 Å². The van der Waals surface area contributed by atoms with Gasteiger partial charge in [-0.05, 0) is 12.1 Å². The fraction of sp³-hybridized carbons (Fsp3) is 0.0909. The van der Waals surface area contributed by atoms with E-state index in [1.807, 2.05) is 0 Å². The maximum atomic E-state index is 11.1. The number of aromatic nitrogens is 2. The van der Waals surface area contributed by atoms with Crippen LogP contribution in [0.5, 0.6) is 11.5 Å². The van der Waals surface area contributed by atoms with Crippen LogP contribution in [0, 0.1) is 0 Å². The van der Waals surface area contributed by atoms with Crippen LogP contribution in [0.15, 0.2) is 35.3 Å². The minimum atomic E-state index is -0.312. The maximum Gasteiger partial charge on any atom is 0.264 e. The molecule has 0 radical (unpaired) electrons. The van der Waals surface area contributed by atoms with Gasteiger partial charge in [-0.2, -0.15) is 5.10 Å². The van der Waals surface area contributed by atoms with Crippen molar-refractivity contribution in [3.8, 4) is 22.6 Å². The number of aromatic amines is 1. The second-order valence-electron chi connectivity index (χ2n) is 3.22. The van der Waals surface area contributed by atoms with Crippen LogP contribution >= 0.6 is 0 Å². The van der Waals surface area contributed by atoms with Gasteiger partial charge in [0.15, 0.2) is 0 Å². The minimum absolute atomic E-state index is 0.0479. The molecule has 2 rings (SSSR count). The summed E-state index contributed by atoms with van der Waals surface area (Å²) in [5.74, 6) is 0.603. The zero-order valence-electron chi connectivity index (χ0n) is 8.60. The lowest BCUT2D eigenvalue weighted by Gasteiger charge is -2.05. The highest BCUT2D eigenvalue weighted by atomic mass is 16.5. The van der Waals surface area contributed by atoms with E-state index in [1.54, 1.807) is 12.1 Å². The zero-order valence-corrected chi connectivity index (χ0v) is 8.60. The molecular formula is C11H10N2O3. The number of benzene rings is 1. The number of aromatic hydroxyl groups is 1. The van der Waals surface area contributed by atoms with Crippen molar-refractivity contribution >= 4 is 0 Å². The largest absolute Gasteiger partial charge is 0.507 e. The van der Waals surface area contributed by atoms with Crippen LogP contribution in [0.1, 0.15) is 0 Å². The van der Waals surface area contributed by atoms with Gasteiger partial charge in [-0.25, -0.2) is 5.10 Å². The Morgan fingerprint density at radius 3 is 2.81 bits per heavy atom. The first-order chi connectivity index (χ1) is 7.70. The topological polar surface area (TPSA) is 75.2 Å². The first kappa shape index (κ1) is 10.2. The minimum Gasteiger partial charge on any atom is -0.507 e. The summed E-state index contributed by atoms with van der Waals surface area (Å²) in [6, 6.07) is 6.23. The maximum absolute atomic E-state index is 11.1. The SMILES string of the molecule is COc1ccc(-c2cn[nH]c(=O)c2)c(O)c1. The van der Waals surface area contributed by atoms with Gasteiger partial charge in [0.25, 0.3) is 5.56 Å². The first-order valence-corrected chi connectivity index (χ1v) is 4.63.